The average Bonchev–Trinajstić information content (AvgIpc) is 2.86. The monoisotopic (exact) mass is 392 g/mol. The molecule has 0 saturated carbocycles. The Hall–Kier alpha value is -2.08. The maximum absolute atomic E-state index is 12.7. The molecule has 2 aromatic carbocycles. The van der Waals surface area contributed by atoms with Gasteiger partial charge >= 0.3 is 0 Å². The van der Waals surface area contributed by atoms with E-state index in [-0.39, 0.29) is 5.91 Å². The molecule has 0 atom stereocenters. The van der Waals surface area contributed by atoms with E-state index in [0.717, 1.165) is 11.3 Å². The molecule has 0 bridgehead atoms. The first-order chi connectivity index (χ1) is 12.0. The first-order valence-corrected chi connectivity index (χ1v) is 8.71. The number of hydrogen-bond acceptors (Lipinski definition) is 3. The summed E-state index contributed by atoms with van der Waals surface area (Å²) in [6, 6.07) is 12.3. The third-order valence-electron chi connectivity index (χ3n) is 3.54. The van der Waals surface area contributed by atoms with Gasteiger partial charge in [-0.1, -0.05) is 29.3 Å². The van der Waals surface area contributed by atoms with E-state index < -0.39 is 0 Å². The molecule has 0 aliphatic carbocycles. The number of anilines is 1. The third-order valence-corrected chi connectivity index (χ3v) is 4.56. The minimum atomic E-state index is -0.236. The number of amides is 1. The zero-order valence-corrected chi connectivity index (χ0v) is 15.6. The topological polar surface area (TPSA) is 41.6 Å². The molecule has 2 aromatic rings. The third kappa shape index (κ3) is 3.79. The van der Waals surface area contributed by atoms with Crippen LogP contribution in [-0.4, -0.2) is 17.6 Å². The lowest BCUT2D eigenvalue weighted by atomic mass is 10.2. The quantitative estimate of drug-likeness (QED) is 0.606. The molecule has 1 aliphatic rings. The highest BCUT2D eigenvalue weighted by Crippen LogP contribution is 2.27. The highest BCUT2D eigenvalue weighted by Gasteiger charge is 2.31. The van der Waals surface area contributed by atoms with Gasteiger partial charge < -0.3 is 10.1 Å². The van der Waals surface area contributed by atoms with E-state index in [1.54, 1.807) is 48.5 Å². The first-order valence-electron chi connectivity index (χ1n) is 7.54. The highest BCUT2D eigenvalue weighted by molar-refractivity contribution is 7.80. The molecule has 7 heteroatoms. The number of ether oxygens (including phenoxy) is 1. The Bertz CT molecular complexity index is 866. The van der Waals surface area contributed by atoms with E-state index in [1.165, 1.54) is 4.90 Å². The van der Waals surface area contributed by atoms with Gasteiger partial charge in [0.05, 0.1) is 22.3 Å². The summed E-state index contributed by atoms with van der Waals surface area (Å²) in [6.07, 6.45) is 1.69. The van der Waals surface area contributed by atoms with Crippen molar-refractivity contribution >= 4 is 58.2 Å². The summed E-state index contributed by atoms with van der Waals surface area (Å²) in [4.78, 5) is 14.1. The number of nitrogens with one attached hydrogen (secondary N) is 1. The van der Waals surface area contributed by atoms with Gasteiger partial charge in [0, 0.05) is 0 Å². The fourth-order valence-electron chi connectivity index (χ4n) is 2.40. The van der Waals surface area contributed by atoms with Crippen molar-refractivity contribution in [2.24, 2.45) is 0 Å². The highest BCUT2D eigenvalue weighted by atomic mass is 35.5. The van der Waals surface area contributed by atoms with Gasteiger partial charge in [0.15, 0.2) is 5.11 Å². The maximum atomic E-state index is 12.7. The van der Waals surface area contributed by atoms with E-state index in [2.05, 4.69) is 5.32 Å². The largest absolute Gasteiger partial charge is 0.494 e. The molecular formula is C18H14Cl2N2O2S. The van der Waals surface area contributed by atoms with Crippen LogP contribution in [-0.2, 0) is 4.79 Å². The van der Waals surface area contributed by atoms with E-state index >= 15 is 0 Å². The van der Waals surface area contributed by atoms with Crippen molar-refractivity contribution in [2.45, 2.75) is 6.92 Å². The molecule has 0 aromatic heterocycles. The van der Waals surface area contributed by atoms with E-state index in [0.29, 0.717) is 33.1 Å². The number of benzene rings is 2. The molecule has 1 fully saturated rings. The van der Waals surface area contributed by atoms with E-state index in [9.17, 15) is 4.79 Å². The Morgan fingerprint density at radius 3 is 2.52 bits per heavy atom. The zero-order valence-electron chi connectivity index (χ0n) is 13.3. The first kappa shape index (κ1) is 17.7. The normalized spacial score (nSPS) is 15.6. The Morgan fingerprint density at radius 1 is 1.16 bits per heavy atom. The fraction of sp³-hybridized carbons (Fsp3) is 0.111. The summed E-state index contributed by atoms with van der Waals surface area (Å²) in [5.74, 6) is 0.503. The van der Waals surface area contributed by atoms with Crippen LogP contribution in [0.15, 0.2) is 48.2 Å². The van der Waals surface area contributed by atoms with E-state index in [1.807, 2.05) is 6.92 Å². The van der Waals surface area contributed by atoms with Crippen molar-refractivity contribution in [1.82, 2.24) is 5.32 Å². The Morgan fingerprint density at radius 2 is 1.88 bits per heavy atom. The van der Waals surface area contributed by atoms with Crippen molar-refractivity contribution in [3.8, 4) is 5.75 Å². The number of halogens is 2. The predicted molar refractivity (Wildman–Crippen MR) is 105 cm³/mol. The lowest BCUT2D eigenvalue weighted by Gasteiger charge is -2.14. The predicted octanol–water partition coefficient (Wildman–Crippen LogP) is 4.65. The smallest absolute Gasteiger partial charge is 0.281 e. The molecule has 1 amide bonds. The second-order valence-corrected chi connectivity index (χ2v) is 6.43. The number of carbonyl (C=O) groups excluding carboxylic acids is 1. The van der Waals surface area contributed by atoms with Gasteiger partial charge in [0.2, 0.25) is 0 Å². The molecule has 0 unspecified atom stereocenters. The molecule has 1 heterocycles. The van der Waals surface area contributed by atoms with Crippen molar-refractivity contribution in [3.63, 3.8) is 0 Å². The number of rotatable bonds is 4. The van der Waals surface area contributed by atoms with Crippen molar-refractivity contribution in [2.75, 3.05) is 11.5 Å². The summed E-state index contributed by atoms with van der Waals surface area (Å²) in [7, 11) is 0. The van der Waals surface area contributed by atoms with Crippen LogP contribution in [0.3, 0.4) is 0 Å². The fourth-order valence-corrected chi connectivity index (χ4v) is 3.00. The molecule has 1 aliphatic heterocycles. The summed E-state index contributed by atoms with van der Waals surface area (Å²) in [5, 5.41) is 4.14. The molecule has 4 nitrogen and oxygen atoms in total. The van der Waals surface area contributed by atoms with Crippen LogP contribution in [0.5, 0.6) is 5.75 Å². The molecule has 25 heavy (non-hydrogen) atoms. The van der Waals surface area contributed by atoms with Crippen LogP contribution in [0, 0.1) is 0 Å². The van der Waals surface area contributed by atoms with Gasteiger partial charge in [-0.15, -0.1) is 0 Å². The molecule has 0 radical (unpaired) electrons. The Labute approximate surface area is 161 Å². The standard InChI is InChI=1S/C18H14Cl2N2O2S/c1-2-24-13-6-4-12(5-7-13)22-17(23)16(21-18(22)25)10-11-3-8-14(19)15(20)9-11/h3-10H,2H2,1H3,(H,21,25)/b16-10+. The average molecular weight is 393 g/mol. The number of thiocarbonyl (C=S) groups is 1. The minimum Gasteiger partial charge on any atom is -0.494 e. The van der Waals surface area contributed by atoms with Gasteiger partial charge in [-0.2, -0.15) is 0 Å². The van der Waals surface area contributed by atoms with Crippen LogP contribution in [0.4, 0.5) is 5.69 Å². The van der Waals surface area contributed by atoms with Gasteiger partial charge in [-0.25, -0.2) is 0 Å². The second-order valence-electron chi connectivity index (χ2n) is 5.23. The maximum Gasteiger partial charge on any atom is 0.281 e. The van der Waals surface area contributed by atoms with Gasteiger partial charge in [0.25, 0.3) is 5.91 Å². The summed E-state index contributed by atoms with van der Waals surface area (Å²) >= 11 is 17.2. The number of nitrogens with zero attached hydrogens (tertiary/aromatic N) is 1. The molecule has 1 N–H and O–H groups in total. The lowest BCUT2D eigenvalue weighted by molar-refractivity contribution is -0.113. The summed E-state index contributed by atoms with van der Waals surface area (Å²) in [5.41, 5.74) is 1.79. The second kappa shape index (κ2) is 7.44. The Balaban J connectivity index is 1.86. The van der Waals surface area contributed by atoms with E-state index in [4.69, 9.17) is 40.2 Å². The van der Waals surface area contributed by atoms with Crippen LogP contribution in [0.2, 0.25) is 10.0 Å². The molecule has 3 rings (SSSR count). The SMILES string of the molecule is CCOc1ccc(N2C(=O)/C(=C\c3ccc(Cl)c(Cl)c3)NC2=S)cc1. The summed E-state index contributed by atoms with van der Waals surface area (Å²) < 4.78 is 5.41. The van der Waals surface area contributed by atoms with Gasteiger partial charge in [0.1, 0.15) is 11.4 Å². The molecular weight excluding hydrogens is 379 g/mol. The lowest BCUT2D eigenvalue weighted by Crippen LogP contribution is -2.30. The summed E-state index contributed by atoms with van der Waals surface area (Å²) in [6.45, 7) is 2.50. The Kier molecular flexibility index (Phi) is 5.27. The zero-order chi connectivity index (χ0) is 18.0. The van der Waals surface area contributed by atoms with Crippen molar-refractivity contribution in [1.29, 1.82) is 0 Å². The van der Waals surface area contributed by atoms with Crippen LogP contribution >= 0.6 is 35.4 Å². The van der Waals surface area contributed by atoms with Gasteiger partial charge in [-0.3, -0.25) is 9.69 Å². The van der Waals surface area contributed by atoms with Crippen LogP contribution in [0.1, 0.15) is 12.5 Å². The van der Waals surface area contributed by atoms with Crippen molar-refractivity contribution in [3.05, 3.63) is 63.8 Å². The molecule has 128 valence electrons. The number of carbonyl (C=O) groups is 1. The van der Waals surface area contributed by atoms with Crippen LogP contribution in [0.25, 0.3) is 6.08 Å². The van der Waals surface area contributed by atoms with Crippen LogP contribution < -0.4 is 15.0 Å². The molecule has 1 saturated heterocycles. The van der Waals surface area contributed by atoms with Gasteiger partial charge in [-0.05, 0) is 67.2 Å². The van der Waals surface area contributed by atoms with Crippen molar-refractivity contribution < 1.29 is 9.53 Å². The molecule has 0 spiro atoms. The minimum absolute atomic E-state index is 0.236. The number of hydrogen-bond donors (Lipinski definition) is 1.